The van der Waals surface area contributed by atoms with Gasteiger partial charge in [-0.05, 0) is 25.0 Å². The quantitative estimate of drug-likeness (QED) is 0.912. The Morgan fingerprint density at radius 2 is 2.10 bits per heavy atom. The van der Waals surface area contributed by atoms with Crippen LogP contribution in [0.1, 0.15) is 26.3 Å². The van der Waals surface area contributed by atoms with Crippen molar-refractivity contribution in [1.82, 2.24) is 5.32 Å². The summed E-state index contributed by atoms with van der Waals surface area (Å²) in [5.74, 6) is 1.19. The fourth-order valence-electron chi connectivity index (χ4n) is 1.97. The highest BCUT2D eigenvalue weighted by Crippen LogP contribution is 2.25. The van der Waals surface area contributed by atoms with E-state index in [9.17, 15) is 4.79 Å². The number of amides is 1. The molecule has 1 amide bonds. The van der Waals surface area contributed by atoms with Gasteiger partial charge in [0.25, 0.3) is 0 Å². The molecule has 108 valence electrons. The molecule has 0 saturated carbocycles. The Labute approximate surface area is 119 Å². The second-order valence-corrected chi connectivity index (χ2v) is 5.40. The SMILES string of the molecule is COc1ccc2c(CC(=O)NC(C)C(C)C)coc2c1. The molecule has 0 aliphatic heterocycles. The zero-order chi connectivity index (χ0) is 14.7. The average Bonchev–Trinajstić information content (AvgIpc) is 2.80. The Bertz CT molecular complexity index is 601. The van der Waals surface area contributed by atoms with E-state index in [2.05, 4.69) is 19.2 Å². The molecule has 0 bridgehead atoms. The predicted octanol–water partition coefficient (Wildman–Crippen LogP) is 3.14. The van der Waals surface area contributed by atoms with E-state index in [1.54, 1.807) is 13.4 Å². The molecular formula is C16H21NO3. The maximum Gasteiger partial charge on any atom is 0.224 e. The van der Waals surface area contributed by atoms with E-state index >= 15 is 0 Å². The Balaban J connectivity index is 2.12. The van der Waals surface area contributed by atoms with Crippen LogP contribution in [0.3, 0.4) is 0 Å². The van der Waals surface area contributed by atoms with Gasteiger partial charge in [-0.25, -0.2) is 0 Å². The van der Waals surface area contributed by atoms with E-state index in [1.807, 2.05) is 25.1 Å². The van der Waals surface area contributed by atoms with Gasteiger partial charge < -0.3 is 14.5 Å². The lowest BCUT2D eigenvalue weighted by atomic mass is 10.1. The molecule has 1 unspecified atom stereocenters. The molecule has 0 aliphatic rings. The average molecular weight is 275 g/mol. The monoisotopic (exact) mass is 275 g/mol. The van der Waals surface area contributed by atoms with E-state index in [1.165, 1.54) is 0 Å². The summed E-state index contributed by atoms with van der Waals surface area (Å²) >= 11 is 0. The van der Waals surface area contributed by atoms with Gasteiger partial charge in [-0.1, -0.05) is 13.8 Å². The zero-order valence-electron chi connectivity index (χ0n) is 12.4. The molecule has 1 atom stereocenters. The van der Waals surface area contributed by atoms with E-state index in [0.717, 1.165) is 22.3 Å². The molecule has 0 aliphatic carbocycles. The minimum Gasteiger partial charge on any atom is -0.497 e. The van der Waals surface area contributed by atoms with Gasteiger partial charge in [-0.15, -0.1) is 0 Å². The Morgan fingerprint density at radius 3 is 2.75 bits per heavy atom. The fraction of sp³-hybridized carbons (Fsp3) is 0.438. The molecule has 0 saturated heterocycles. The van der Waals surface area contributed by atoms with Crippen LogP contribution in [0.5, 0.6) is 5.75 Å². The molecule has 20 heavy (non-hydrogen) atoms. The minimum absolute atomic E-state index is 0.0183. The van der Waals surface area contributed by atoms with E-state index < -0.39 is 0 Å². The highest BCUT2D eigenvalue weighted by Gasteiger charge is 2.14. The van der Waals surface area contributed by atoms with Gasteiger partial charge >= 0.3 is 0 Å². The number of methoxy groups -OCH3 is 1. The lowest BCUT2D eigenvalue weighted by Gasteiger charge is -2.17. The molecule has 2 rings (SSSR count). The summed E-state index contributed by atoms with van der Waals surface area (Å²) in [6.45, 7) is 6.19. The van der Waals surface area contributed by atoms with Crippen LogP contribution in [0.2, 0.25) is 0 Å². The van der Waals surface area contributed by atoms with Crippen LogP contribution in [0.4, 0.5) is 0 Å². The first kappa shape index (κ1) is 14.4. The number of ether oxygens (including phenoxy) is 1. The number of furan rings is 1. The van der Waals surface area contributed by atoms with Crippen molar-refractivity contribution in [2.45, 2.75) is 33.2 Å². The minimum atomic E-state index is 0.0183. The molecule has 1 N–H and O–H groups in total. The Kier molecular flexibility index (Phi) is 4.32. The van der Waals surface area contributed by atoms with Gasteiger partial charge in [0, 0.05) is 23.1 Å². The first-order chi connectivity index (χ1) is 9.51. The fourth-order valence-corrected chi connectivity index (χ4v) is 1.97. The third kappa shape index (κ3) is 3.13. The molecule has 4 heteroatoms. The second kappa shape index (κ2) is 5.99. The summed E-state index contributed by atoms with van der Waals surface area (Å²) in [7, 11) is 1.62. The number of hydrogen-bond donors (Lipinski definition) is 1. The van der Waals surface area contributed by atoms with Crippen LogP contribution in [-0.4, -0.2) is 19.1 Å². The van der Waals surface area contributed by atoms with Crippen LogP contribution in [0, 0.1) is 5.92 Å². The summed E-state index contributed by atoms with van der Waals surface area (Å²) in [5.41, 5.74) is 1.64. The smallest absolute Gasteiger partial charge is 0.224 e. The highest BCUT2D eigenvalue weighted by molar-refractivity contribution is 5.88. The maximum absolute atomic E-state index is 12.0. The summed E-state index contributed by atoms with van der Waals surface area (Å²) in [4.78, 5) is 12.0. The lowest BCUT2D eigenvalue weighted by Crippen LogP contribution is -2.36. The number of rotatable bonds is 5. The van der Waals surface area contributed by atoms with E-state index in [4.69, 9.17) is 9.15 Å². The standard InChI is InChI=1S/C16H21NO3/c1-10(2)11(3)17-16(18)7-12-9-20-15-8-13(19-4)5-6-14(12)15/h5-6,8-11H,7H2,1-4H3,(H,17,18). The molecule has 0 fully saturated rings. The first-order valence-electron chi connectivity index (χ1n) is 6.84. The Hall–Kier alpha value is -1.97. The number of nitrogens with one attached hydrogen (secondary N) is 1. The first-order valence-corrected chi connectivity index (χ1v) is 6.84. The van der Waals surface area contributed by atoms with Crippen LogP contribution >= 0.6 is 0 Å². The van der Waals surface area contributed by atoms with E-state index in [0.29, 0.717) is 12.3 Å². The van der Waals surface area contributed by atoms with Crippen LogP contribution in [-0.2, 0) is 11.2 Å². The largest absolute Gasteiger partial charge is 0.497 e. The van der Waals surface area contributed by atoms with Gasteiger partial charge in [-0.2, -0.15) is 0 Å². The normalized spacial score (nSPS) is 12.7. The van der Waals surface area contributed by atoms with Crippen molar-refractivity contribution >= 4 is 16.9 Å². The van der Waals surface area contributed by atoms with Crippen molar-refractivity contribution < 1.29 is 13.9 Å². The summed E-state index contributed by atoms with van der Waals surface area (Å²) in [6.07, 6.45) is 1.97. The topological polar surface area (TPSA) is 51.5 Å². The van der Waals surface area contributed by atoms with E-state index in [-0.39, 0.29) is 11.9 Å². The number of hydrogen-bond acceptors (Lipinski definition) is 3. The molecule has 0 radical (unpaired) electrons. The van der Waals surface area contributed by atoms with Crippen molar-refractivity contribution in [3.8, 4) is 5.75 Å². The van der Waals surface area contributed by atoms with Crippen LogP contribution in [0.15, 0.2) is 28.9 Å². The van der Waals surface area contributed by atoms with Crippen molar-refractivity contribution in [2.24, 2.45) is 5.92 Å². The zero-order valence-corrected chi connectivity index (χ0v) is 12.4. The summed E-state index contributed by atoms with van der Waals surface area (Å²) in [5, 5.41) is 3.96. The third-order valence-corrected chi connectivity index (χ3v) is 3.60. The van der Waals surface area contributed by atoms with Crippen LogP contribution in [0.25, 0.3) is 11.0 Å². The van der Waals surface area contributed by atoms with Crippen molar-refractivity contribution in [1.29, 1.82) is 0 Å². The number of carbonyl (C=O) groups is 1. The van der Waals surface area contributed by atoms with Crippen molar-refractivity contribution in [2.75, 3.05) is 7.11 Å². The molecule has 1 aromatic heterocycles. The van der Waals surface area contributed by atoms with Gasteiger partial charge in [0.2, 0.25) is 5.91 Å². The molecular weight excluding hydrogens is 254 g/mol. The van der Waals surface area contributed by atoms with Crippen molar-refractivity contribution in [3.63, 3.8) is 0 Å². The van der Waals surface area contributed by atoms with Crippen molar-refractivity contribution in [3.05, 3.63) is 30.0 Å². The molecule has 2 aromatic rings. The maximum atomic E-state index is 12.0. The molecule has 0 spiro atoms. The highest BCUT2D eigenvalue weighted by atomic mass is 16.5. The van der Waals surface area contributed by atoms with Crippen LogP contribution < -0.4 is 10.1 Å². The predicted molar refractivity (Wildman–Crippen MR) is 78.9 cm³/mol. The number of fused-ring (bicyclic) bond motifs is 1. The number of carbonyl (C=O) groups excluding carboxylic acids is 1. The van der Waals surface area contributed by atoms with Gasteiger partial charge in [0.15, 0.2) is 0 Å². The molecule has 1 aromatic carbocycles. The molecule has 1 heterocycles. The van der Waals surface area contributed by atoms with Gasteiger partial charge in [0.05, 0.1) is 19.8 Å². The second-order valence-electron chi connectivity index (χ2n) is 5.40. The Morgan fingerprint density at radius 1 is 1.35 bits per heavy atom. The summed E-state index contributed by atoms with van der Waals surface area (Å²) < 4.78 is 10.6. The van der Waals surface area contributed by atoms with Gasteiger partial charge in [-0.3, -0.25) is 4.79 Å². The number of benzene rings is 1. The lowest BCUT2D eigenvalue weighted by molar-refractivity contribution is -0.121. The van der Waals surface area contributed by atoms with Gasteiger partial charge in [0.1, 0.15) is 11.3 Å². The summed E-state index contributed by atoms with van der Waals surface area (Å²) in [6, 6.07) is 5.79. The third-order valence-electron chi connectivity index (χ3n) is 3.60. The molecule has 4 nitrogen and oxygen atoms in total.